The Morgan fingerprint density at radius 1 is 1.53 bits per heavy atom. The zero-order valence-electron chi connectivity index (χ0n) is 10.1. The number of fused-ring (bicyclic) bond motifs is 1. The van der Waals surface area contributed by atoms with Crippen molar-refractivity contribution in [1.29, 1.82) is 0 Å². The van der Waals surface area contributed by atoms with Crippen molar-refractivity contribution in [3.05, 3.63) is 23.5 Å². The summed E-state index contributed by atoms with van der Waals surface area (Å²) in [4.78, 5) is 17.4. The summed E-state index contributed by atoms with van der Waals surface area (Å²) in [5.41, 5.74) is 6.18. The molecule has 92 valence electrons. The molecule has 2 heterocycles. The number of carbonyl (C=O) groups excluding carboxylic acids is 1. The summed E-state index contributed by atoms with van der Waals surface area (Å²) >= 11 is 1.56. The number of thiazole rings is 1. The van der Waals surface area contributed by atoms with Crippen LogP contribution in [0.3, 0.4) is 0 Å². The normalized spacial score (nSPS) is 12.2. The molecular weight excluding hydrogens is 234 g/mol. The number of nitrogens with two attached hydrogens (primary N) is 1. The van der Waals surface area contributed by atoms with Gasteiger partial charge in [-0.2, -0.15) is 0 Å². The van der Waals surface area contributed by atoms with Gasteiger partial charge in [-0.05, 0) is 12.8 Å². The van der Waals surface area contributed by atoms with Crippen molar-refractivity contribution in [3.8, 4) is 0 Å². The second-order valence-electron chi connectivity index (χ2n) is 4.29. The maximum absolute atomic E-state index is 12.1. The first-order chi connectivity index (χ1) is 8.09. The van der Waals surface area contributed by atoms with Crippen LogP contribution in [0.25, 0.3) is 4.96 Å². The third-order valence-electron chi connectivity index (χ3n) is 3.30. The Kier molecular flexibility index (Phi) is 3.31. The Bertz CT molecular complexity index is 496. The lowest BCUT2D eigenvalue weighted by molar-refractivity contribution is -0.123. The molecule has 2 rings (SSSR count). The predicted molar refractivity (Wildman–Crippen MR) is 69.3 cm³/mol. The van der Waals surface area contributed by atoms with E-state index in [1.807, 2.05) is 36.0 Å². The molecule has 0 aliphatic heterocycles. The van der Waals surface area contributed by atoms with Gasteiger partial charge in [-0.1, -0.05) is 13.8 Å². The van der Waals surface area contributed by atoms with Crippen molar-refractivity contribution in [2.75, 3.05) is 0 Å². The van der Waals surface area contributed by atoms with Gasteiger partial charge in [0.1, 0.15) is 0 Å². The lowest BCUT2D eigenvalue weighted by atomic mass is 9.87. The third-order valence-corrected chi connectivity index (χ3v) is 4.07. The number of Topliss-reactive ketones (excluding diaryl/α,β-unsaturated/α-hetero) is 1. The molecule has 0 bridgehead atoms. The standard InChI is InChI=1S/C12H17N3OS/c1-3-12(13,4-2)10(16)7-9-8-15-5-6-17-11(15)14-9/h5-6,8H,3-4,7,13H2,1-2H3. The van der Waals surface area contributed by atoms with E-state index in [-0.39, 0.29) is 5.78 Å². The maximum Gasteiger partial charge on any atom is 0.193 e. The molecule has 0 fully saturated rings. The van der Waals surface area contributed by atoms with Crippen LogP contribution in [-0.2, 0) is 11.2 Å². The first-order valence-corrected chi connectivity index (χ1v) is 6.70. The minimum absolute atomic E-state index is 0.0771. The summed E-state index contributed by atoms with van der Waals surface area (Å²) in [5.74, 6) is 0.0771. The third kappa shape index (κ3) is 2.25. The highest BCUT2D eigenvalue weighted by atomic mass is 32.1. The van der Waals surface area contributed by atoms with Crippen LogP contribution in [0.5, 0.6) is 0 Å². The number of ketones is 1. The Morgan fingerprint density at radius 3 is 2.82 bits per heavy atom. The van der Waals surface area contributed by atoms with E-state index in [1.54, 1.807) is 11.3 Å². The molecule has 2 N–H and O–H groups in total. The van der Waals surface area contributed by atoms with E-state index >= 15 is 0 Å². The number of rotatable bonds is 5. The second kappa shape index (κ2) is 4.58. The molecular formula is C12H17N3OS. The maximum atomic E-state index is 12.1. The molecule has 0 saturated heterocycles. The van der Waals surface area contributed by atoms with Crippen LogP contribution in [-0.4, -0.2) is 20.7 Å². The minimum atomic E-state index is -0.697. The topological polar surface area (TPSA) is 60.4 Å². The highest BCUT2D eigenvalue weighted by Crippen LogP contribution is 2.17. The van der Waals surface area contributed by atoms with Crippen LogP contribution in [0.4, 0.5) is 0 Å². The van der Waals surface area contributed by atoms with Crippen LogP contribution >= 0.6 is 11.3 Å². The van der Waals surface area contributed by atoms with Gasteiger partial charge in [-0.25, -0.2) is 4.98 Å². The van der Waals surface area contributed by atoms with E-state index in [1.165, 1.54) is 0 Å². The van der Waals surface area contributed by atoms with Gasteiger partial charge in [-0.3, -0.25) is 9.20 Å². The highest BCUT2D eigenvalue weighted by Gasteiger charge is 2.29. The SMILES string of the molecule is CCC(N)(CC)C(=O)Cc1cn2ccsc2n1. The van der Waals surface area contributed by atoms with Gasteiger partial charge in [0.05, 0.1) is 17.7 Å². The van der Waals surface area contributed by atoms with E-state index in [2.05, 4.69) is 4.98 Å². The second-order valence-corrected chi connectivity index (χ2v) is 5.16. The van der Waals surface area contributed by atoms with Gasteiger partial charge in [0, 0.05) is 17.8 Å². The molecule has 0 atom stereocenters. The monoisotopic (exact) mass is 251 g/mol. The van der Waals surface area contributed by atoms with Crippen LogP contribution < -0.4 is 5.73 Å². The van der Waals surface area contributed by atoms with E-state index in [0.29, 0.717) is 19.3 Å². The number of hydrogen-bond acceptors (Lipinski definition) is 4. The summed E-state index contributed by atoms with van der Waals surface area (Å²) in [6.45, 7) is 3.90. The van der Waals surface area contributed by atoms with Crippen molar-refractivity contribution in [2.45, 2.75) is 38.6 Å². The number of aromatic nitrogens is 2. The Labute approximate surface area is 104 Å². The van der Waals surface area contributed by atoms with Gasteiger partial charge in [-0.15, -0.1) is 11.3 Å². The highest BCUT2D eigenvalue weighted by molar-refractivity contribution is 7.15. The van der Waals surface area contributed by atoms with Crippen molar-refractivity contribution < 1.29 is 4.79 Å². The zero-order valence-corrected chi connectivity index (χ0v) is 11.0. The summed E-state index contributed by atoms with van der Waals surface area (Å²) in [5, 5.41) is 1.97. The molecule has 2 aromatic heterocycles. The lowest BCUT2D eigenvalue weighted by Gasteiger charge is -2.24. The number of hydrogen-bond donors (Lipinski definition) is 1. The summed E-state index contributed by atoms with van der Waals surface area (Å²) < 4.78 is 1.93. The number of carbonyl (C=O) groups is 1. The number of imidazole rings is 1. The average molecular weight is 251 g/mol. The predicted octanol–water partition coefficient (Wildman–Crippen LogP) is 2.02. The van der Waals surface area contributed by atoms with E-state index < -0.39 is 5.54 Å². The molecule has 0 aliphatic carbocycles. The molecule has 0 radical (unpaired) electrons. The minimum Gasteiger partial charge on any atom is -0.319 e. The van der Waals surface area contributed by atoms with E-state index in [4.69, 9.17) is 5.73 Å². The van der Waals surface area contributed by atoms with Crippen LogP contribution in [0.2, 0.25) is 0 Å². The first kappa shape index (κ1) is 12.3. The van der Waals surface area contributed by atoms with Gasteiger partial charge in [0.2, 0.25) is 0 Å². The fourth-order valence-corrected chi connectivity index (χ4v) is 2.57. The van der Waals surface area contributed by atoms with Gasteiger partial charge >= 0.3 is 0 Å². The molecule has 0 amide bonds. The Balaban J connectivity index is 2.16. The molecule has 0 aliphatic rings. The molecule has 4 nitrogen and oxygen atoms in total. The fraction of sp³-hybridized carbons (Fsp3) is 0.500. The van der Waals surface area contributed by atoms with Crippen molar-refractivity contribution in [3.63, 3.8) is 0 Å². The molecule has 0 spiro atoms. The fourth-order valence-electron chi connectivity index (χ4n) is 1.85. The van der Waals surface area contributed by atoms with Gasteiger partial charge < -0.3 is 5.73 Å². The van der Waals surface area contributed by atoms with Gasteiger partial charge in [0.15, 0.2) is 10.7 Å². The van der Waals surface area contributed by atoms with Crippen molar-refractivity contribution in [2.24, 2.45) is 5.73 Å². The number of nitrogens with zero attached hydrogens (tertiary/aromatic N) is 2. The summed E-state index contributed by atoms with van der Waals surface area (Å²) in [6, 6.07) is 0. The Hall–Kier alpha value is -1.20. The van der Waals surface area contributed by atoms with Crippen molar-refractivity contribution in [1.82, 2.24) is 9.38 Å². The average Bonchev–Trinajstić information content (AvgIpc) is 2.88. The molecule has 5 heteroatoms. The van der Waals surface area contributed by atoms with Crippen molar-refractivity contribution >= 4 is 22.1 Å². The molecule has 0 saturated carbocycles. The Morgan fingerprint density at radius 2 is 2.24 bits per heavy atom. The summed E-state index contributed by atoms with van der Waals surface area (Å²) in [6.07, 6.45) is 5.51. The quantitative estimate of drug-likeness (QED) is 0.884. The first-order valence-electron chi connectivity index (χ1n) is 5.82. The van der Waals surface area contributed by atoms with Crippen LogP contribution in [0.1, 0.15) is 32.4 Å². The lowest BCUT2D eigenvalue weighted by Crippen LogP contribution is -2.47. The van der Waals surface area contributed by atoms with Crippen LogP contribution in [0, 0.1) is 0 Å². The smallest absolute Gasteiger partial charge is 0.193 e. The summed E-state index contributed by atoms with van der Waals surface area (Å²) in [7, 11) is 0. The van der Waals surface area contributed by atoms with Crippen LogP contribution in [0.15, 0.2) is 17.8 Å². The molecule has 0 aromatic carbocycles. The van der Waals surface area contributed by atoms with Gasteiger partial charge in [0.25, 0.3) is 0 Å². The van der Waals surface area contributed by atoms with E-state index in [0.717, 1.165) is 10.7 Å². The largest absolute Gasteiger partial charge is 0.319 e. The zero-order chi connectivity index (χ0) is 12.5. The molecule has 0 unspecified atom stereocenters. The molecule has 2 aromatic rings. The molecule has 17 heavy (non-hydrogen) atoms. The van der Waals surface area contributed by atoms with E-state index in [9.17, 15) is 4.79 Å².